The van der Waals surface area contributed by atoms with Crippen LogP contribution in [0.4, 0.5) is 21.9 Å². The number of carbonyl (C=O) groups excluding carboxylic acids is 2. The van der Waals surface area contributed by atoms with E-state index in [4.69, 9.17) is 4.74 Å². The zero-order chi connectivity index (χ0) is 21.0. The lowest BCUT2D eigenvalue weighted by Crippen LogP contribution is -2.37. The van der Waals surface area contributed by atoms with Gasteiger partial charge in [0.05, 0.1) is 19.1 Å². The summed E-state index contributed by atoms with van der Waals surface area (Å²) in [6.45, 7) is 0.801. The minimum Gasteiger partial charge on any atom is -0.497 e. The number of anilines is 3. The fourth-order valence-corrected chi connectivity index (χ4v) is 3.53. The highest BCUT2D eigenvalue weighted by atomic mass is 32.2. The number of carbonyl (C=O) groups is 2. The number of benzene rings is 2. The second-order valence-corrected chi connectivity index (χ2v) is 8.31. The van der Waals surface area contributed by atoms with Crippen molar-refractivity contribution in [1.29, 1.82) is 0 Å². The highest BCUT2D eigenvalue weighted by Crippen LogP contribution is 2.23. The van der Waals surface area contributed by atoms with Crippen LogP contribution in [0.25, 0.3) is 0 Å². The van der Waals surface area contributed by atoms with Crippen molar-refractivity contribution in [3.63, 3.8) is 0 Å². The molecule has 3 amide bonds. The van der Waals surface area contributed by atoms with Crippen LogP contribution in [0.3, 0.4) is 0 Å². The molecule has 1 fully saturated rings. The molecule has 1 aliphatic heterocycles. The maximum atomic E-state index is 12.6. The third kappa shape index (κ3) is 5.38. The van der Waals surface area contributed by atoms with E-state index in [1.807, 2.05) is 0 Å². The van der Waals surface area contributed by atoms with Crippen molar-refractivity contribution in [3.05, 3.63) is 48.5 Å². The Hall–Kier alpha value is -3.27. The maximum absolute atomic E-state index is 12.6. The number of hydrogen-bond donors (Lipinski definition) is 2. The highest BCUT2D eigenvalue weighted by molar-refractivity contribution is 7.92. The number of nitrogens with one attached hydrogen (secondary N) is 2. The van der Waals surface area contributed by atoms with Crippen LogP contribution >= 0.6 is 0 Å². The van der Waals surface area contributed by atoms with Gasteiger partial charge in [0.15, 0.2) is 0 Å². The third-order valence-corrected chi connectivity index (χ3v) is 4.87. The first-order chi connectivity index (χ1) is 13.7. The largest absolute Gasteiger partial charge is 0.497 e. The Kier molecular flexibility index (Phi) is 5.92. The van der Waals surface area contributed by atoms with E-state index in [1.165, 1.54) is 11.0 Å². The lowest BCUT2D eigenvalue weighted by molar-refractivity contribution is -0.116. The Morgan fingerprint density at radius 1 is 1.10 bits per heavy atom. The average molecular weight is 418 g/mol. The molecule has 1 heterocycles. The molecule has 154 valence electrons. The smallest absolute Gasteiger partial charge is 0.325 e. The van der Waals surface area contributed by atoms with Gasteiger partial charge in [-0.25, -0.2) is 13.2 Å². The molecule has 1 saturated heterocycles. The SMILES string of the molecule is COc1ccc(N2CCN(CC(=O)Nc3cccc(NS(C)(=O)=O)c3)C2=O)cc1. The van der Waals surface area contributed by atoms with Gasteiger partial charge >= 0.3 is 6.03 Å². The summed E-state index contributed by atoms with van der Waals surface area (Å²) in [6, 6.07) is 13.2. The van der Waals surface area contributed by atoms with Gasteiger partial charge in [-0.05, 0) is 42.5 Å². The van der Waals surface area contributed by atoms with Crippen molar-refractivity contribution in [1.82, 2.24) is 4.90 Å². The number of rotatable bonds is 7. The van der Waals surface area contributed by atoms with E-state index in [0.717, 1.165) is 11.9 Å². The van der Waals surface area contributed by atoms with Gasteiger partial charge < -0.3 is 15.0 Å². The third-order valence-electron chi connectivity index (χ3n) is 4.26. The summed E-state index contributed by atoms with van der Waals surface area (Å²) < 4.78 is 30.1. The van der Waals surface area contributed by atoms with E-state index >= 15 is 0 Å². The van der Waals surface area contributed by atoms with Crippen molar-refractivity contribution in [2.24, 2.45) is 0 Å². The first-order valence-corrected chi connectivity index (χ1v) is 10.7. The number of nitrogens with zero attached hydrogens (tertiary/aromatic N) is 2. The topological polar surface area (TPSA) is 108 Å². The molecule has 2 aromatic carbocycles. The fraction of sp³-hybridized carbons (Fsp3) is 0.263. The van der Waals surface area contributed by atoms with Crippen LogP contribution in [0.5, 0.6) is 5.75 Å². The summed E-state index contributed by atoms with van der Waals surface area (Å²) in [5.74, 6) is 0.329. The number of hydrogen-bond acceptors (Lipinski definition) is 5. The monoisotopic (exact) mass is 418 g/mol. The Bertz CT molecular complexity index is 1010. The van der Waals surface area contributed by atoms with Crippen molar-refractivity contribution >= 4 is 39.0 Å². The van der Waals surface area contributed by atoms with Crippen LogP contribution in [0.1, 0.15) is 0 Å². The van der Waals surface area contributed by atoms with Crippen LogP contribution < -0.4 is 19.7 Å². The number of ether oxygens (including phenoxy) is 1. The molecule has 0 unspecified atom stereocenters. The molecule has 29 heavy (non-hydrogen) atoms. The molecule has 9 nitrogen and oxygen atoms in total. The first kappa shape index (κ1) is 20.5. The summed E-state index contributed by atoms with van der Waals surface area (Å²) >= 11 is 0. The molecule has 0 radical (unpaired) electrons. The molecule has 0 saturated carbocycles. The van der Waals surface area contributed by atoms with Gasteiger partial charge in [-0.3, -0.25) is 14.4 Å². The van der Waals surface area contributed by atoms with Gasteiger partial charge in [0.2, 0.25) is 15.9 Å². The van der Waals surface area contributed by atoms with E-state index in [0.29, 0.717) is 30.2 Å². The molecule has 2 aromatic rings. The van der Waals surface area contributed by atoms with E-state index in [-0.39, 0.29) is 18.5 Å². The number of amides is 3. The lowest BCUT2D eigenvalue weighted by atomic mass is 10.3. The van der Waals surface area contributed by atoms with Gasteiger partial charge in [0, 0.05) is 24.5 Å². The number of urea groups is 1. The Balaban J connectivity index is 1.60. The van der Waals surface area contributed by atoms with Gasteiger partial charge in [-0.15, -0.1) is 0 Å². The first-order valence-electron chi connectivity index (χ1n) is 8.83. The standard InChI is InChI=1S/C19H22N4O5S/c1-28-17-8-6-16(7-9-17)23-11-10-22(19(23)25)13-18(24)20-14-4-3-5-15(12-14)21-29(2,26)27/h3-9,12,21H,10-11,13H2,1-2H3,(H,20,24). The molecule has 0 atom stereocenters. The second kappa shape index (κ2) is 8.39. The van der Waals surface area contributed by atoms with E-state index in [1.54, 1.807) is 54.5 Å². The zero-order valence-corrected chi connectivity index (χ0v) is 16.9. The van der Waals surface area contributed by atoms with Crippen molar-refractivity contribution in [2.45, 2.75) is 0 Å². The van der Waals surface area contributed by atoms with Crippen molar-refractivity contribution < 1.29 is 22.7 Å². The van der Waals surface area contributed by atoms with Crippen LogP contribution in [0.2, 0.25) is 0 Å². The second-order valence-electron chi connectivity index (χ2n) is 6.56. The normalized spacial score (nSPS) is 14.1. The molecule has 2 N–H and O–H groups in total. The van der Waals surface area contributed by atoms with Crippen LogP contribution in [-0.4, -0.2) is 58.3 Å². The Morgan fingerprint density at radius 2 is 1.79 bits per heavy atom. The Morgan fingerprint density at radius 3 is 2.45 bits per heavy atom. The molecule has 0 aliphatic carbocycles. The van der Waals surface area contributed by atoms with Crippen molar-refractivity contribution in [2.75, 3.05) is 47.9 Å². The molecule has 0 bridgehead atoms. The van der Waals surface area contributed by atoms with E-state index < -0.39 is 10.0 Å². The lowest BCUT2D eigenvalue weighted by Gasteiger charge is -2.18. The summed E-state index contributed by atoms with van der Waals surface area (Å²) in [5, 5.41) is 2.68. The van der Waals surface area contributed by atoms with E-state index in [9.17, 15) is 18.0 Å². The van der Waals surface area contributed by atoms with Gasteiger partial charge in [0.25, 0.3) is 0 Å². The number of sulfonamides is 1. The summed E-state index contributed by atoms with van der Waals surface area (Å²) in [5.41, 5.74) is 1.51. The minimum atomic E-state index is -3.41. The fourth-order valence-electron chi connectivity index (χ4n) is 2.98. The summed E-state index contributed by atoms with van der Waals surface area (Å²) in [4.78, 5) is 28.0. The molecule has 0 aromatic heterocycles. The minimum absolute atomic E-state index is 0.102. The quantitative estimate of drug-likeness (QED) is 0.715. The van der Waals surface area contributed by atoms with Gasteiger partial charge in [-0.1, -0.05) is 6.07 Å². The average Bonchev–Trinajstić information content (AvgIpc) is 3.01. The molecule has 10 heteroatoms. The predicted octanol–water partition coefficient (Wildman–Crippen LogP) is 1.95. The number of methoxy groups -OCH3 is 1. The van der Waals surface area contributed by atoms with Crippen LogP contribution in [-0.2, 0) is 14.8 Å². The van der Waals surface area contributed by atoms with Crippen LogP contribution in [0.15, 0.2) is 48.5 Å². The molecular weight excluding hydrogens is 396 g/mol. The maximum Gasteiger partial charge on any atom is 0.325 e. The zero-order valence-electron chi connectivity index (χ0n) is 16.1. The van der Waals surface area contributed by atoms with Crippen molar-refractivity contribution in [3.8, 4) is 5.75 Å². The molecule has 0 spiro atoms. The molecular formula is C19H22N4O5S. The summed E-state index contributed by atoms with van der Waals surface area (Å²) in [7, 11) is -1.84. The van der Waals surface area contributed by atoms with Gasteiger partial charge in [-0.2, -0.15) is 0 Å². The predicted molar refractivity (Wildman–Crippen MR) is 111 cm³/mol. The van der Waals surface area contributed by atoms with Gasteiger partial charge in [0.1, 0.15) is 12.3 Å². The Labute approximate surface area is 169 Å². The molecule has 3 rings (SSSR count). The van der Waals surface area contributed by atoms with Crippen LogP contribution in [0, 0.1) is 0 Å². The van der Waals surface area contributed by atoms with E-state index in [2.05, 4.69) is 10.0 Å². The molecule has 1 aliphatic rings. The summed E-state index contributed by atoms with van der Waals surface area (Å²) in [6.07, 6.45) is 1.05. The highest BCUT2D eigenvalue weighted by Gasteiger charge is 2.30.